The van der Waals surface area contributed by atoms with Crippen molar-refractivity contribution in [2.24, 2.45) is 0 Å². The van der Waals surface area contributed by atoms with Gasteiger partial charge in [0.1, 0.15) is 18.8 Å². The molecule has 2 rings (SSSR count). The van der Waals surface area contributed by atoms with E-state index in [1.807, 2.05) is 0 Å². The zero-order chi connectivity index (χ0) is 13.4. The molecule has 2 aliphatic rings. The Bertz CT molecular complexity index is 302. The fraction of sp³-hybridized carbons (Fsp3) is 0.750. The molecular weight excluding hydrogens is 256 g/mol. The summed E-state index contributed by atoms with van der Waals surface area (Å²) >= 11 is 0. The summed E-state index contributed by atoms with van der Waals surface area (Å²) in [5, 5.41) is 8.41. The van der Waals surface area contributed by atoms with Gasteiger partial charge in [-0.05, 0) is 12.8 Å². The van der Waals surface area contributed by atoms with Crippen molar-refractivity contribution in [2.45, 2.75) is 45.3 Å². The summed E-state index contributed by atoms with van der Waals surface area (Å²) in [6.07, 6.45) is 1.81. The molecule has 1 N–H and O–H groups in total. The van der Waals surface area contributed by atoms with Gasteiger partial charge in [0, 0.05) is 12.8 Å². The number of esters is 2. The van der Waals surface area contributed by atoms with E-state index < -0.39 is 0 Å². The second-order valence-electron chi connectivity index (χ2n) is 3.91. The summed E-state index contributed by atoms with van der Waals surface area (Å²) in [5.41, 5.74) is 0. The van der Waals surface area contributed by atoms with E-state index in [0.717, 1.165) is 0 Å². The minimum Gasteiger partial charge on any atom is -0.464 e. The number of carbonyl (C=O) groups excluding carboxylic acids is 3. The SMILES string of the molecule is C.O=C1CCC(CO)O1.O=COCC1CCC(=O)O1. The first-order valence-corrected chi connectivity index (χ1v) is 5.70. The van der Waals surface area contributed by atoms with Crippen LogP contribution in [0.4, 0.5) is 0 Å². The van der Waals surface area contributed by atoms with E-state index in [2.05, 4.69) is 9.47 Å². The van der Waals surface area contributed by atoms with Crippen LogP contribution in [0.25, 0.3) is 0 Å². The molecule has 2 fully saturated rings. The molecule has 0 bridgehead atoms. The molecule has 0 radical (unpaired) electrons. The summed E-state index contributed by atoms with van der Waals surface area (Å²) < 4.78 is 13.8. The molecule has 7 heteroatoms. The third kappa shape index (κ3) is 6.76. The molecule has 7 nitrogen and oxygen atoms in total. The highest BCUT2D eigenvalue weighted by Crippen LogP contribution is 2.13. The Hall–Kier alpha value is -1.63. The Morgan fingerprint density at radius 2 is 1.68 bits per heavy atom. The van der Waals surface area contributed by atoms with Crippen LogP contribution in [0.1, 0.15) is 33.1 Å². The van der Waals surface area contributed by atoms with Crippen LogP contribution in [-0.4, -0.2) is 48.9 Å². The number of aliphatic hydroxyl groups is 1. The van der Waals surface area contributed by atoms with E-state index in [1.165, 1.54) is 0 Å². The lowest BCUT2D eigenvalue weighted by atomic mass is 10.2. The molecule has 2 atom stereocenters. The van der Waals surface area contributed by atoms with Crippen molar-refractivity contribution in [3.63, 3.8) is 0 Å². The predicted octanol–water partition coefficient (Wildman–Crippen LogP) is 0.185. The smallest absolute Gasteiger partial charge is 0.306 e. The van der Waals surface area contributed by atoms with Crippen LogP contribution in [0, 0.1) is 0 Å². The Morgan fingerprint density at radius 3 is 2.00 bits per heavy atom. The minimum atomic E-state index is -0.220. The summed E-state index contributed by atoms with van der Waals surface area (Å²) in [4.78, 5) is 30.4. The number of hydrogen-bond donors (Lipinski definition) is 1. The topological polar surface area (TPSA) is 99.1 Å². The highest BCUT2D eigenvalue weighted by Gasteiger charge is 2.23. The van der Waals surface area contributed by atoms with Gasteiger partial charge in [-0.2, -0.15) is 0 Å². The number of rotatable bonds is 4. The van der Waals surface area contributed by atoms with Crippen LogP contribution >= 0.6 is 0 Å². The number of ether oxygens (including phenoxy) is 3. The number of hydrogen-bond acceptors (Lipinski definition) is 7. The lowest BCUT2D eigenvalue weighted by Crippen LogP contribution is -2.14. The first-order chi connectivity index (χ1) is 8.65. The summed E-state index contributed by atoms with van der Waals surface area (Å²) in [5.74, 6) is -0.399. The number of cyclic esters (lactones) is 2. The molecule has 0 aromatic carbocycles. The standard InChI is InChI=1S/C6H8O4.C5H8O3.CH4/c7-4-9-3-5-1-2-6(8)10-5;6-3-4-1-2-5(7)8-4;/h4-5H,1-3H2;4,6H,1-3H2;1H4. The average Bonchev–Trinajstić information content (AvgIpc) is 2.96. The van der Waals surface area contributed by atoms with Crippen molar-refractivity contribution < 1.29 is 33.7 Å². The van der Waals surface area contributed by atoms with Crippen LogP contribution in [0.15, 0.2) is 0 Å². The van der Waals surface area contributed by atoms with Gasteiger partial charge in [-0.3, -0.25) is 14.4 Å². The van der Waals surface area contributed by atoms with Gasteiger partial charge in [-0.15, -0.1) is 0 Å². The molecule has 0 aromatic rings. The average molecular weight is 276 g/mol. The van der Waals surface area contributed by atoms with Crippen molar-refractivity contribution >= 4 is 18.4 Å². The van der Waals surface area contributed by atoms with Crippen LogP contribution in [0.5, 0.6) is 0 Å². The summed E-state index contributed by atoms with van der Waals surface area (Å²) in [6, 6.07) is 0. The third-order valence-electron chi connectivity index (χ3n) is 2.49. The van der Waals surface area contributed by atoms with Crippen molar-refractivity contribution in [3.05, 3.63) is 0 Å². The Labute approximate surface area is 111 Å². The largest absolute Gasteiger partial charge is 0.464 e. The number of aliphatic hydroxyl groups excluding tert-OH is 1. The van der Waals surface area contributed by atoms with Crippen molar-refractivity contribution in [3.8, 4) is 0 Å². The van der Waals surface area contributed by atoms with Gasteiger partial charge in [0.2, 0.25) is 0 Å². The summed E-state index contributed by atoms with van der Waals surface area (Å²) in [7, 11) is 0. The molecule has 0 aromatic heterocycles. The van der Waals surface area contributed by atoms with E-state index in [9.17, 15) is 14.4 Å². The highest BCUT2D eigenvalue weighted by atomic mass is 16.6. The first-order valence-electron chi connectivity index (χ1n) is 5.70. The quantitative estimate of drug-likeness (QED) is 0.444. The molecule has 0 saturated carbocycles. The predicted molar refractivity (Wildman–Crippen MR) is 64.1 cm³/mol. The van der Waals surface area contributed by atoms with Gasteiger partial charge in [0.15, 0.2) is 0 Å². The molecule has 2 unspecified atom stereocenters. The molecule has 0 spiro atoms. The second-order valence-corrected chi connectivity index (χ2v) is 3.91. The second kappa shape index (κ2) is 9.32. The van der Waals surface area contributed by atoms with Crippen molar-refractivity contribution in [1.29, 1.82) is 0 Å². The van der Waals surface area contributed by atoms with Gasteiger partial charge in [0.05, 0.1) is 6.61 Å². The van der Waals surface area contributed by atoms with E-state index in [-0.39, 0.29) is 44.8 Å². The molecular formula is C12H20O7. The van der Waals surface area contributed by atoms with Crippen molar-refractivity contribution in [2.75, 3.05) is 13.2 Å². The van der Waals surface area contributed by atoms with Gasteiger partial charge >= 0.3 is 11.9 Å². The monoisotopic (exact) mass is 276 g/mol. The third-order valence-corrected chi connectivity index (χ3v) is 2.49. The molecule has 110 valence electrons. The Kier molecular flexibility index (Phi) is 8.52. The normalized spacial score (nSPS) is 24.5. The molecule has 2 saturated heterocycles. The maximum Gasteiger partial charge on any atom is 0.306 e. The maximum absolute atomic E-state index is 10.5. The van der Waals surface area contributed by atoms with Crippen LogP contribution in [0.2, 0.25) is 0 Å². The van der Waals surface area contributed by atoms with E-state index in [1.54, 1.807) is 0 Å². The van der Waals surface area contributed by atoms with E-state index in [0.29, 0.717) is 32.2 Å². The van der Waals surface area contributed by atoms with E-state index in [4.69, 9.17) is 9.84 Å². The van der Waals surface area contributed by atoms with Gasteiger partial charge in [-0.1, -0.05) is 7.43 Å². The molecule has 0 amide bonds. The van der Waals surface area contributed by atoms with Gasteiger partial charge < -0.3 is 19.3 Å². The zero-order valence-electron chi connectivity index (χ0n) is 9.87. The van der Waals surface area contributed by atoms with Gasteiger partial charge in [-0.25, -0.2) is 0 Å². The lowest BCUT2D eigenvalue weighted by molar-refractivity contribution is -0.146. The molecule has 0 aliphatic carbocycles. The van der Waals surface area contributed by atoms with E-state index >= 15 is 0 Å². The fourth-order valence-corrected chi connectivity index (χ4v) is 1.56. The maximum atomic E-state index is 10.5. The van der Waals surface area contributed by atoms with Crippen molar-refractivity contribution in [1.82, 2.24) is 0 Å². The number of carbonyl (C=O) groups is 3. The molecule has 2 heterocycles. The van der Waals surface area contributed by atoms with Crippen LogP contribution in [0.3, 0.4) is 0 Å². The van der Waals surface area contributed by atoms with Crippen LogP contribution < -0.4 is 0 Å². The molecule has 2 aliphatic heterocycles. The fourth-order valence-electron chi connectivity index (χ4n) is 1.56. The lowest BCUT2D eigenvalue weighted by Gasteiger charge is -2.05. The first kappa shape index (κ1) is 17.4. The Balaban J connectivity index is 0.000000331. The zero-order valence-corrected chi connectivity index (χ0v) is 9.87. The minimum absolute atomic E-state index is 0. The van der Waals surface area contributed by atoms with Gasteiger partial charge in [0.25, 0.3) is 6.47 Å². The summed E-state index contributed by atoms with van der Waals surface area (Å²) in [6.45, 7) is 0.507. The highest BCUT2D eigenvalue weighted by molar-refractivity contribution is 5.71. The van der Waals surface area contributed by atoms with Crippen LogP contribution in [-0.2, 0) is 28.6 Å². The molecule has 19 heavy (non-hydrogen) atoms. The Morgan fingerprint density at radius 1 is 1.16 bits per heavy atom.